The molecule has 0 bridgehead atoms. The molecule has 290 valence electrons. The fourth-order valence-corrected chi connectivity index (χ4v) is 7.14. The molecule has 0 radical (unpaired) electrons. The van der Waals surface area contributed by atoms with Crippen molar-refractivity contribution in [3.8, 4) is 11.5 Å². The number of nitrogens with zero attached hydrogens (tertiary/aromatic N) is 4. The Kier molecular flexibility index (Phi) is 12.9. The van der Waals surface area contributed by atoms with Gasteiger partial charge in [-0.2, -0.15) is 14.4 Å². The number of esters is 3. The number of amides is 1. The van der Waals surface area contributed by atoms with E-state index in [0.717, 1.165) is 27.8 Å². The van der Waals surface area contributed by atoms with Crippen LogP contribution in [0.25, 0.3) is 11.2 Å². The van der Waals surface area contributed by atoms with E-state index in [2.05, 4.69) is 20.3 Å². The average Bonchev–Trinajstić information content (AvgIpc) is 3.41. The average molecular weight is 748 g/mol. The van der Waals surface area contributed by atoms with Gasteiger partial charge in [-0.05, 0) is 68.5 Å². The fourth-order valence-electron chi connectivity index (χ4n) is 7.14. The Hall–Kier alpha value is -5.24. The van der Waals surface area contributed by atoms with Gasteiger partial charge in [-0.15, -0.1) is 0 Å². The van der Waals surface area contributed by atoms with Crippen molar-refractivity contribution < 1.29 is 42.5 Å². The lowest BCUT2D eigenvalue weighted by Crippen LogP contribution is -2.28. The quantitative estimate of drug-likeness (QED) is 0.0786. The van der Waals surface area contributed by atoms with E-state index in [1.54, 1.807) is 16.7 Å². The third kappa shape index (κ3) is 10.2. The number of hydrogen-bond acceptors (Lipinski definition) is 11. The molecule has 0 fully saturated rings. The lowest BCUT2D eigenvalue weighted by molar-refractivity contribution is -0.148. The molecule has 1 unspecified atom stereocenters. The van der Waals surface area contributed by atoms with Crippen LogP contribution in [0.5, 0.6) is 11.5 Å². The highest BCUT2D eigenvalue weighted by Gasteiger charge is 2.33. The van der Waals surface area contributed by atoms with Gasteiger partial charge in [0.15, 0.2) is 17.0 Å². The van der Waals surface area contributed by atoms with E-state index >= 15 is 0 Å². The van der Waals surface area contributed by atoms with E-state index in [0.29, 0.717) is 23.5 Å². The summed E-state index contributed by atoms with van der Waals surface area (Å²) in [4.78, 5) is 62.2. The van der Waals surface area contributed by atoms with E-state index in [1.807, 2.05) is 67.5 Å². The molecular weight excluding hydrogens is 697 g/mol. The first kappa shape index (κ1) is 41.5. The van der Waals surface area contributed by atoms with Crippen LogP contribution in [0.3, 0.4) is 0 Å². The summed E-state index contributed by atoms with van der Waals surface area (Å²) < 4.78 is 38.6. The van der Waals surface area contributed by atoms with Gasteiger partial charge in [0.05, 0.1) is 18.9 Å². The van der Waals surface area contributed by atoms with Crippen molar-refractivity contribution in [2.45, 2.75) is 112 Å². The lowest BCUT2D eigenvalue weighted by atomic mass is 9.78. The normalized spacial score (nSPS) is 12.4. The molecule has 1 N–H and O–H groups in total. The maximum absolute atomic E-state index is 14.8. The van der Waals surface area contributed by atoms with Crippen molar-refractivity contribution in [3.63, 3.8) is 0 Å². The molecule has 0 aliphatic rings. The third-order valence-electron chi connectivity index (χ3n) is 9.09. The number of anilines is 1. The Morgan fingerprint density at radius 2 is 1.37 bits per heavy atom. The molecule has 1 amide bonds. The summed E-state index contributed by atoms with van der Waals surface area (Å²) in [6, 6.07) is 7.47. The SMILES string of the molecule is COC(CCn1cnc2c(NC(=O)CC(C)(C)c3c(C)cc(C)cc3OC(C)=O)nc(F)nc21)COC(=O)CC(C)(C)c1c(C)cc(C)cc1OC(C)=O. The summed E-state index contributed by atoms with van der Waals surface area (Å²) in [5.74, 6) is -1.12. The molecular formula is C40H50FN5O8. The highest BCUT2D eigenvalue weighted by molar-refractivity contribution is 5.97. The second kappa shape index (κ2) is 16.8. The number of aryl methyl sites for hydroxylation is 5. The monoisotopic (exact) mass is 747 g/mol. The first-order valence-electron chi connectivity index (χ1n) is 17.7. The molecule has 2 heterocycles. The topological polar surface area (TPSA) is 161 Å². The van der Waals surface area contributed by atoms with Gasteiger partial charge in [0.25, 0.3) is 0 Å². The van der Waals surface area contributed by atoms with Crippen molar-refractivity contribution in [2.75, 3.05) is 19.0 Å². The number of carbonyl (C=O) groups excluding carboxylic acids is 4. The highest BCUT2D eigenvalue weighted by atomic mass is 19.1. The van der Waals surface area contributed by atoms with Crippen LogP contribution in [0, 0.1) is 33.8 Å². The number of methoxy groups -OCH3 is 1. The van der Waals surface area contributed by atoms with Gasteiger partial charge in [0.2, 0.25) is 5.91 Å². The number of carbonyl (C=O) groups is 4. The number of imidazole rings is 1. The van der Waals surface area contributed by atoms with Crippen molar-refractivity contribution in [2.24, 2.45) is 0 Å². The molecule has 0 saturated heterocycles. The number of halogens is 1. The number of fused-ring (bicyclic) bond motifs is 1. The predicted molar refractivity (Wildman–Crippen MR) is 200 cm³/mol. The molecule has 4 aromatic rings. The zero-order chi connectivity index (χ0) is 40.1. The maximum Gasteiger partial charge on any atom is 0.312 e. The van der Waals surface area contributed by atoms with Crippen molar-refractivity contribution >= 4 is 40.8 Å². The molecule has 0 saturated carbocycles. The summed E-state index contributed by atoms with van der Waals surface area (Å²) >= 11 is 0. The van der Waals surface area contributed by atoms with E-state index in [4.69, 9.17) is 18.9 Å². The van der Waals surface area contributed by atoms with Crippen LogP contribution < -0.4 is 14.8 Å². The molecule has 13 nitrogen and oxygen atoms in total. The number of aromatic nitrogens is 4. The molecule has 0 aliphatic heterocycles. The van der Waals surface area contributed by atoms with Crippen LogP contribution in [0.15, 0.2) is 30.6 Å². The molecule has 0 aliphatic carbocycles. The third-order valence-corrected chi connectivity index (χ3v) is 9.09. The Morgan fingerprint density at radius 3 is 1.89 bits per heavy atom. The van der Waals surface area contributed by atoms with Gasteiger partial charge in [-0.25, -0.2) is 4.98 Å². The molecule has 2 aromatic carbocycles. The van der Waals surface area contributed by atoms with Crippen LogP contribution in [-0.4, -0.2) is 63.2 Å². The van der Waals surface area contributed by atoms with Crippen molar-refractivity contribution in [1.82, 2.24) is 19.5 Å². The molecule has 2 aromatic heterocycles. The summed E-state index contributed by atoms with van der Waals surface area (Å²) in [5, 5.41) is 2.69. The largest absolute Gasteiger partial charge is 0.463 e. The first-order valence-corrected chi connectivity index (χ1v) is 17.7. The molecule has 4 rings (SSSR count). The van der Waals surface area contributed by atoms with E-state index in [1.165, 1.54) is 27.3 Å². The van der Waals surface area contributed by atoms with Gasteiger partial charge < -0.3 is 28.8 Å². The van der Waals surface area contributed by atoms with Gasteiger partial charge in [0.1, 0.15) is 18.1 Å². The molecule has 54 heavy (non-hydrogen) atoms. The highest BCUT2D eigenvalue weighted by Crippen LogP contribution is 2.39. The molecule has 1 atom stereocenters. The summed E-state index contributed by atoms with van der Waals surface area (Å²) in [6.07, 6.45) is 0.239. The van der Waals surface area contributed by atoms with Crippen LogP contribution in [-0.2, 0) is 46.0 Å². The van der Waals surface area contributed by atoms with Gasteiger partial charge in [-0.3, -0.25) is 19.2 Å². The number of rotatable bonds is 15. The second-order valence-corrected chi connectivity index (χ2v) is 15.0. The van der Waals surface area contributed by atoms with Crippen LogP contribution in [0.1, 0.15) is 94.2 Å². The molecule has 0 spiro atoms. The van der Waals surface area contributed by atoms with Crippen LogP contribution in [0.4, 0.5) is 10.2 Å². The van der Waals surface area contributed by atoms with Gasteiger partial charge >= 0.3 is 24.0 Å². The van der Waals surface area contributed by atoms with Gasteiger partial charge in [-0.1, -0.05) is 39.8 Å². The maximum atomic E-state index is 14.8. The zero-order valence-corrected chi connectivity index (χ0v) is 32.9. The van der Waals surface area contributed by atoms with Gasteiger partial charge in [0, 0.05) is 55.9 Å². The Labute approximate surface area is 315 Å². The standard InChI is InChI=1S/C40H50FN5O8/c1-22-14-24(3)33(29(16-22)53-26(5)47)39(7,8)18-31(49)43-36-35-37(45-38(41)44-36)46(21-42-35)13-12-28(51-11)20-52-32(50)19-40(9,10)34-25(4)15-23(2)17-30(34)54-27(6)48/h14-17,21,28H,12-13,18-20H2,1-11H3,(H,43,44,45,49). The van der Waals surface area contributed by atoms with Crippen LogP contribution >= 0.6 is 0 Å². The van der Waals surface area contributed by atoms with Crippen molar-refractivity contribution in [1.29, 1.82) is 0 Å². The summed E-state index contributed by atoms with van der Waals surface area (Å²) in [6.45, 7) is 18.0. The smallest absolute Gasteiger partial charge is 0.312 e. The molecule has 14 heteroatoms. The minimum atomic E-state index is -1.05. The fraction of sp³-hybridized carbons (Fsp3) is 0.475. The Morgan fingerprint density at radius 1 is 0.833 bits per heavy atom. The second-order valence-electron chi connectivity index (χ2n) is 15.0. The number of nitrogens with one attached hydrogen (secondary N) is 1. The number of ether oxygens (including phenoxy) is 4. The summed E-state index contributed by atoms with van der Waals surface area (Å²) in [7, 11) is 1.50. The number of benzene rings is 2. The first-order chi connectivity index (χ1) is 25.2. The number of hydrogen-bond donors (Lipinski definition) is 1. The van der Waals surface area contributed by atoms with Crippen LogP contribution in [0.2, 0.25) is 0 Å². The van der Waals surface area contributed by atoms with E-state index < -0.39 is 46.8 Å². The Balaban J connectivity index is 1.42. The van der Waals surface area contributed by atoms with Crippen molar-refractivity contribution in [3.05, 3.63) is 70.1 Å². The summed E-state index contributed by atoms with van der Waals surface area (Å²) in [5.41, 5.74) is 3.91. The van der Waals surface area contributed by atoms with E-state index in [9.17, 15) is 23.6 Å². The zero-order valence-electron chi connectivity index (χ0n) is 32.9. The lowest BCUT2D eigenvalue weighted by Gasteiger charge is -2.29. The Bertz CT molecular complexity index is 2070. The minimum Gasteiger partial charge on any atom is -0.463 e. The minimum absolute atomic E-state index is 0.0214. The predicted octanol–water partition coefficient (Wildman–Crippen LogP) is 6.67. The van der Waals surface area contributed by atoms with E-state index in [-0.39, 0.29) is 43.0 Å².